The van der Waals surface area contributed by atoms with E-state index in [2.05, 4.69) is 27.4 Å². The topological polar surface area (TPSA) is 63.8 Å². The number of nitrogens with zero attached hydrogens (tertiary/aromatic N) is 3. The van der Waals surface area contributed by atoms with Crippen LogP contribution in [-0.2, 0) is 0 Å². The fourth-order valence-corrected chi connectivity index (χ4v) is 3.62. The Kier molecular flexibility index (Phi) is 4.73. The minimum atomic E-state index is -0.244. The van der Waals surface area contributed by atoms with Crippen LogP contribution in [0.15, 0.2) is 28.7 Å². The number of halogens is 1. The predicted molar refractivity (Wildman–Crippen MR) is 91.2 cm³/mol. The van der Waals surface area contributed by atoms with Gasteiger partial charge < -0.3 is 4.42 Å². The van der Waals surface area contributed by atoms with E-state index < -0.39 is 0 Å². The van der Waals surface area contributed by atoms with Gasteiger partial charge in [0, 0.05) is 23.4 Å². The molecule has 0 aliphatic rings. The van der Waals surface area contributed by atoms with Gasteiger partial charge in [-0.05, 0) is 45.0 Å². The lowest BCUT2D eigenvalue weighted by Gasteiger charge is -2.16. The zero-order valence-electron chi connectivity index (χ0n) is 14.0. The maximum absolute atomic E-state index is 13.1. The van der Waals surface area contributed by atoms with Crippen molar-refractivity contribution in [2.45, 2.75) is 39.8 Å². The van der Waals surface area contributed by atoms with Gasteiger partial charge in [-0.3, -0.25) is 5.32 Å². The van der Waals surface area contributed by atoms with Crippen molar-refractivity contribution in [3.63, 3.8) is 0 Å². The Labute approximate surface area is 144 Å². The summed E-state index contributed by atoms with van der Waals surface area (Å²) in [6.07, 6.45) is 0. The van der Waals surface area contributed by atoms with Gasteiger partial charge in [-0.15, -0.1) is 21.5 Å². The Morgan fingerprint density at radius 1 is 1.08 bits per heavy atom. The van der Waals surface area contributed by atoms with Crippen molar-refractivity contribution in [2.75, 3.05) is 0 Å². The fraction of sp³-hybridized carbons (Fsp3) is 0.353. The number of thiazole rings is 1. The molecule has 3 rings (SSSR count). The highest BCUT2D eigenvalue weighted by Crippen LogP contribution is 2.32. The number of aromatic nitrogens is 3. The van der Waals surface area contributed by atoms with Crippen molar-refractivity contribution < 1.29 is 8.81 Å². The smallest absolute Gasteiger partial charge is 0.233 e. The van der Waals surface area contributed by atoms with Crippen LogP contribution in [0.3, 0.4) is 0 Å². The molecule has 2 aromatic heterocycles. The lowest BCUT2D eigenvalue weighted by atomic mass is 10.2. The van der Waals surface area contributed by atoms with Gasteiger partial charge in [0.05, 0.1) is 11.7 Å². The average Bonchev–Trinajstić information content (AvgIpc) is 3.14. The third-order valence-electron chi connectivity index (χ3n) is 3.73. The maximum Gasteiger partial charge on any atom is 0.233 e. The van der Waals surface area contributed by atoms with Crippen LogP contribution in [0.2, 0.25) is 0 Å². The molecule has 0 spiro atoms. The monoisotopic (exact) mass is 346 g/mol. The second-order valence-corrected chi connectivity index (χ2v) is 6.78. The average molecular weight is 346 g/mol. The minimum absolute atomic E-state index is 0.0584. The predicted octanol–water partition coefficient (Wildman–Crippen LogP) is 4.36. The van der Waals surface area contributed by atoms with E-state index >= 15 is 0 Å². The van der Waals surface area contributed by atoms with E-state index in [-0.39, 0.29) is 17.9 Å². The number of hydrogen-bond acceptors (Lipinski definition) is 6. The van der Waals surface area contributed by atoms with Gasteiger partial charge in [-0.2, -0.15) is 0 Å². The van der Waals surface area contributed by atoms with Crippen molar-refractivity contribution in [2.24, 2.45) is 0 Å². The molecule has 2 atom stereocenters. The molecule has 0 saturated heterocycles. The van der Waals surface area contributed by atoms with Crippen LogP contribution in [0.25, 0.3) is 10.6 Å². The highest BCUT2D eigenvalue weighted by Gasteiger charge is 2.20. The third kappa shape index (κ3) is 3.52. The Morgan fingerprint density at radius 2 is 1.79 bits per heavy atom. The van der Waals surface area contributed by atoms with Crippen molar-refractivity contribution >= 4 is 11.3 Å². The molecule has 0 bridgehead atoms. The van der Waals surface area contributed by atoms with Gasteiger partial charge in [0.1, 0.15) is 10.8 Å². The molecule has 0 saturated carbocycles. The van der Waals surface area contributed by atoms with E-state index in [1.54, 1.807) is 30.4 Å². The number of hydrogen-bond donors (Lipinski definition) is 1. The summed E-state index contributed by atoms with van der Waals surface area (Å²) in [7, 11) is 0. The highest BCUT2D eigenvalue weighted by molar-refractivity contribution is 7.15. The zero-order valence-corrected chi connectivity index (χ0v) is 14.8. The maximum atomic E-state index is 13.1. The Bertz CT molecular complexity index is 827. The normalized spacial score (nSPS) is 13.9. The first-order valence-electron chi connectivity index (χ1n) is 7.73. The second-order valence-electron chi connectivity index (χ2n) is 5.74. The summed E-state index contributed by atoms with van der Waals surface area (Å²) in [5, 5.41) is 12.2. The largest absolute Gasteiger partial charge is 0.424 e. The van der Waals surface area contributed by atoms with Crippen LogP contribution >= 0.6 is 11.3 Å². The molecule has 7 heteroatoms. The molecule has 1 N–H and O–H groups in total. The van der Waals surface area contributed by atoms with Crippen molar-refractivity contribution in [1.82, 2.24) is 20.5 Å². The molecular weight excluding hydrogens is 327 g/mol. The van der Waals surface area contributed by atoms with Crippen LogP contribution in [0.4, 0.5) is 4.39 Å². The molecule has 0 aliphatic carbocycles. The van der Waals surface area contributed by atoms with Gasteiger partial charge in [0.2, 0.25) is 11.8 Å². The first-order chi connectivity index (χ1) is 11.4. The molecule has 24 heavy (non-hydrogen) atoms. The van der Waals surface area contributed by atoms with Crippen molar-refractivity contribution in [3.8, 4) is 10.6 Å². The zero-order chi connectivity index (χ0) is 17.3. The second kappa shape index (κ2) is 6.78. The van der Waals surface area contributed by atoms with E-state index in [0.717, 1.165) is 21.1 Å². The molecule has 0 amide bonds. The van der Waals surface area contributed by atoms with Crippen molar-refractivity contribution in [1.29, 1.82) is 0 Å². The Morgan fingerprint density at radius 3 is 2.42 bits per heavy atom. The van der Waals surface area contributed by atoms with Crippen LogP contribution in [0.1, 0.15) is 48.3 Å². The molecule has 0 aliphatic heterocycles. The summed E-state index contributed by atoms with van der Waals surface area (Å²) in [5.41, 5.74) is 1.89. The van der Waals surface area contributed by atoms with Crippen LogP contribution in [0.5, 0.6) is 0 Å². The number of benzene rings is 1. The fourth-order valence-electron chi connectivity index (χ4n) is 2.53. The number of nitrogens with one attached hydrogen (secondary N) is 1. The number of rotatable bonds is 5. The molecule has 126 valence electrons. The van der Waals surface area contributed by atoms with Crippen LogP contribution < -0.4 is 5.32 Å². The summed E-state index contributed by atoms with van der Waals surface area (Å²) in [6, 6.07) is 6.43. The van der Waals surface area contributed by atoms with E-state index in [9.17, 15) is 4.39 Å². The Hall–Kier alpha value is -2.12. The first-order valence-corrected chi connectivity index (χ1v) is 8.55. The summed E-state index contributed by atoms with van der Waals surface area (Å²) in [5.74, 6) is 0.880. The van der Waals surface area contributed by atoms with Gasteiger partial charge in [0.15, 0.2) is 0 Å². The summed E-state index contributed by atoms with van der Waals surface area (Å²) < 4.78 is 18.5. The van der Waals surface area contributed by atoms with Crippen LogP contribution in [-0.4, -0.2) is 15.2 Å². The first kappa shape index (κ1) is 16.7. The third-order valence-corrected chi connectivity index (χ3v) is 5.12. The van der Waals surface area contributed by atoms with Gasteiger partial charge in [-0.1, -0.05) is 0 Å². The van der Waals surface area contributed by atoms with E-state index in [1.165, 1.54) is 12.1 Å². The standard InChI is InChI=1S/C17H19FN4OS/c1-9(19-11(3)16-22-21-12(4)23-16)15-10(2)20-17(24-15)13-5-7-14(18)8-6-13/h5-9,11,19H,1-4H3. The number of aryl methyl sites for hydroxylation is 2. The van der Waals surface area contributed by atoms with Gasteiger partial charge in [0.25, 0.3) is 0 Å². The molecule has 2 heterocycles. The van der Waals surface area contributed by atoms with Crippen LogP contribution in [0, 0.1) is 19.7 Å². The molecule has 0 radical (unpaired) electrons. The molecule has 0 fully saturated rings. The minimum Gasteiger partial charge on any atom is -0.424 e. The summed E-state index contributed by atoms with van der Waals surface area (Å²) in [4.78, 5) is 5.76. The Balaban J connectivity index is 1.77. The van der Waals surface area contributed by atoms with E-state index in [4.69, 9.17) is 4.42 Å². The molecule has 2 unspecified atom stereocenters. The van der Waals surface area contributed by atoms with Crippen molar-refractivity contribution in [3.05, 3.63) is 52.4 Å². The lowest BCUT2D eigenvalue weighted by molar-refractivity contribution is 0.381. The van der Waals surface area contributed by atoms with Gasteiger partial charge in [-0.25, -0.2) is 9.37 Å². The lowest BCUT2D eigenvalue weighted by Crippen LogP contribution is -2.22. The summed E-state index contributed by atoms with van der Waals surface area (Å²) >= 11 is 1.61. The molecule has 1 aromatic carbocycles. The quantitative estimate of drug-likeness (QED) is 0.743. The summed E-state index contributed by atoms with van der Waals surface area (Å²) in [6.45, 7) is 7.82. The molecule has 5 nitrogen and oxygen atoms in total. The SMILES string of the molecule is Cc1nnc(C(C)NC(C)c2sc(-c3ccc(F)cc3)nc2C)o1. The van der Waals surface area contributed by atoms with Gasteiger partial charge >= 0.3 is 0 Å². The van der Waals surface area contributed by atoms with E-state index in [0.29, 0.717) is 11.8 Å². The molecule has 3 aromatic rings. The van der Waals surface area contributed by atoms with E-state index in [1.807, 2.05) is 13.8 Å². The molecular formula is C17H19FN4OS. The highest BCUT2D eigenvalue weighted by atomic mass is 32.1.